The van der Waals surface area contributed by atoms with Crippen molar-refractivity contribution in [1.82, 2.24) is 10.3 Å². The lowest BCUT2D eigenvalue weighted by Crippen LogP contribution is -2.44. The van der Waals surface area contributed by atoms with Crippen molar-refractivity contribution in [3.8, 4) is 6.07 Å². The summed E-state index contributed by atoms with van der Waals surface area (Å²) in [4.78, 5) is 17.1. The molecule has 1 fully saturated rings. The number of aromatic nitrogens is 1. The Morgan fingerprint density at radius 1 is 1.15 bits per heavy atom. The third kappa shape index (κ3) is 4.22. The molecule has 0 unspecified atom stereocenters. The van der Waals surface area contributed by atoms with Gasteiger partial charge in [-0.2, -0.15) is 5.26 Å². The first-order chi connectivity index (χ1) is 12.5. The Morgan fingerprint density at radius 3 is 2.46 bits per heavy atom. The molecule has 0 bridgehead atoms. The van der Waals surface area contributed by atoms with Crippen LogP contribution in [0.3, 0.4) is 0 Å². The van der Waals surface area contributed by atoms with Gasteiger partial charge >= 0.3 is 0 Å². The summed E-state index contributed by atoms with van der Waals surface area (Å²) >= 11 is 6.75. The fourth-order valence-corrected chi connectivity index (χ4v) is 3.94. The Morgan fingerprint density at radius 2 is 1.85 bits per heavy atom. The van der Waals surface area contributed by atoms with Crippen LogP contribution in [0.15, 0.2) is 57.1 Å². The number of nitrogens with zero attached hydrogens (tertiary/aromatic N) is 2. The fourth-order valence-electron chi connectivity index (χ4n) is 3.32. The molecule has 0 aliphatic heterocycles. The van der Waals surface area contributed by atoms with Crippen molar-refractivity contribution in [1.29, 1.82) is 5.26 Å². The zero-order valence-electron chi connectivity index (χ0n) is 14.0. The fraction of sp³-hybridized carbons (Fsp3) is 0.250. The molecule has 1 N–H and O–H groups in total. The van der Waals surface area contributed by atoms with Crippen molar-refractivity contribution >= 4 is 43.8 Å². The average molecular weight is 475 g/mol. The number of amides is 1. The lowest BCUT2D eigenvalue weighted by molar-refractivity contribution is -0.119. The summed E-state index contributed by atoms with van der Waals surface area (Å²) in [6.07, 6.45) is 5.36. The number of hydrogen-bond acceptors (Lipinski definition) is 3. The molecule has 0 saturated heterocycles. The molecule has 1 aliphatic carbocycles. The van der Waals surface area contributed by atoms with Crippen molar-refractivity contribution in [2.45, 2.75) is 31.2 Å². The second-order valence-corrected chi connectivity index (χ2v) is 8.03. The highest BCUT2D eigenvalue weighted by molar-refractivity contribution is 9.10. The van der Waals surface area contributed by atoms with Gasteiger partial charge in [0.2, 0.25) is 0 Å². The van der Waals surface area contributed by atoms with Gasteiger partial charge in [-0.05, 0) is 64.7 Å². The minimum Gasteiger partial charge on any atom is -0.342 e. The van der Waals surface area contributed by atoms with Crippen LogP contribution in [0.25, 0.3) is 6.08 Å². The zero-order chi connectivity index (χ0) is 18.6. The maximum absolute atomic E-state index is 12.8. The van der Waals surface area contributed by atoms with E-state index in [9.17, 15) is 10.1 Å². The normalized spacial score (nSPS) is 16.1. The molecule has 132 valence electrons. The molecule has 26 heavy (non-hydrogen) atoms. The largest absolute Gasteiger partial charge is 0.342 e. The summed E-state index contributed by atoms with van der Waals surface area (Å²) in [6.45, 7) is 0. The van der Waals surface area contributed by atoms with Gasteiger partial charge in [0.25, 0.3) is 5.91 Å². The van der Waals surface area contributed by atoms with Gasteiger partial charge in [0.05, 0.1) is 11.2 Å². The highest BCUT2D eigenvalue weighted by Crippen LogP contribution is 2.39. The van der Waals surface area contributed by atoms with E-state index < -0.39 is 5.54 Å². The van der Waals surface area contributed by atoms with Crippen LogP contribution >= 0.6 is 31.9 Å². The summed E-state index contributed by atoms with van der Waals surface area (Å²) in [7, 11) is 0. The van der Waals surface area contributed by atoms with Crippen molar-refractivity contribution in [2.24, 2.45) is 0 Å². The van der Waals surface area contributed by atoms with E-state index in [4.69, 9.17) is 0 Å². The Kier molecular flexibility index (Phi) is 5.90. The second kappa shape index (κ2) is 8.15. The number of rotatable bonds is 4. The number of carbonyl (C=O) groups is 1. The summed E-state index contributed by atoms with van der Waals surface area (Å²) in [5.74, 6) is -0.362. The summed E-state index contributed by atoms with van der Waals surface area (Å²) in [5.41, 5.74) is 1.27. The van der Waals surface area contributed by atoms with E-state index in [0.29, 0.717) is 10.3 Å². The predicted molar refractivity (Wildman–Crippen MR) is 108 cm³/mol. The minimum atomic E-state index is -0.418. The van der Waals surface area contributed by atoms with Crippen LogP contribution in [0.4, 0.5) is 0 Å². The molecule has 1 aromatic carbocycles. The smallest absolute Gasteiger partial charge is 0.262 e. The van der Waals surface area contributed by atoms with Crippen LogP contribution in [0.1, 0.15) is 36.9 Å². The van der Waals surface area contributed by atoms with Crippen molar-refractivity contribution < 1.29 is 4.79 Å². The lowest BCUT2D eigenvalue weighted by atomic mass is 9.87. The van der Waals surface area contributed by atoms with Crippen molar-refractivity contribution in [2.75, 3.05) is 0 Å². The molecule has 1 amide bonds. The van der Waals surface area contributed by atoms with E-state index in [1.165, 1.54) is 6.08 Å². The first-order valence-corrected chi connectivity index (χ1v) is 9.94. The molecule has 1 heterocycles. The number of nitrogens with one attached hydrogen (secondary N) is 1. The molecule has 0 spiro atoms. The SMILES string of the molecule is N#C/C(=C\c1cccc(Br)n1)C(=O)NC1(c2ccc(Br)cc2)CCCC1. The summed E-state index contributed by atoms with van der Waals surface area (Å²) in [6, 6.07) is 15.4. The van der Waals surface area contributed by atoms with Crippen LogP contribution < -0.4 is 5.32 Å². The lowest BCUT2D eigenvalue weighted by Gasteiger charge is -2.31. The van der Waals surface area contributed by atoms with E-state index in [1.54, 1.807) is 12.1 Å². The molecular formula is C20H17Br2N3O. The zero-order valence-corrected chi connectivity index (χ0v) is 17.2. The van der Waals surface area contributed by atoms with E-state index in [1.807, 2.05) is 36.4 Å². The van der Waals surface area contributed by atoms with Gasteiger partial charge in [0.1, 0.15) is 16.2 Å². The Labute approximate surface area is 169 Å². The highest BCUT2D eigenvalue weighted by atomic mass is 79.9. The predicted octanol–water partition coefficient (Wildman–Crippen LogP) is 5.10. The molecule has 0 radical (unpaired) electrons. The average Bonchev–Trinajstić information content (AvgIpc) is 3.09. The third-order valence-electron chi connectivity index (χ3n) is 4.60. The molecule has 1 saturated carbocycles. The van der Waals surface area contributed by atoms with E-state index in [0.717, 1.165) is 35.7 Å². The number of carbonyl (C=O) groups excluding carboxylic acids is 1. The maximum atomic E-state index is 12.8. The Bertz CT molecular complexity index is 879. The standard InChI is InChI=1S/C20H17Br2N3O/c21-16-8-6-15(7-9-16)20(10-1-2-11-20)25-19(26)14(13-23)12-17-4-3-5-18(22)24-17/h3-9,12H,1-2,10-11H2,(H,25,26)/b14-12+. The topological polar surface area (TPSA) is 65.8 Å². The van der Waals surface area contributed by atoms with Gasteiger partial charge < -0.3 is 5.32 Å². The minimum absolute atomic E-state index is 0.0546. The quantitative estimate of drug-likeness (QED) is 0.380. The van der Waals surface area contributed by atoms with E-state index in [2.05, 4.69) is 42.2 Å². The van der Waals surface area contributed by atoms with Gasteiger partial charge in [0.15, 0.2) is 0 Å². The molecule has 0 atom stereocenters. The molecular weight excluding hydrogens is 458 g/mol. The van der Waals surface area contributed by atoms with Crippen LogP contribution in [0, 0.1) is 11.3 Å². The molecule has 1 aromatic heterocycles. The molecule has 1 aliphatic rings. The van der Waals surface area contributed by atoms with E-state index in [-0.39, 0.29) is 11.5 Å². The first kappa shape index (κ1) is 18.8. The number of pyridine rings is 1. The second-order valence-electron chi connectivity index (χ2n) is 6.31. The Balaban J connectivity index is 1.88. The maximum Gasteiger partial charge on any atom is 0.262 e. The molecule has 4 nitrogen and oxygen atoms in total. The van der Waals surface area contributed by atoms with Gasteiger partial charge in [-0.1, -0.05) is 47.0 Å². The van der Waals surface area contributed by atoms with Crippen LogP contribution in [-0.2, 0) is 10.3 Å². The van der Waals surface area contributed by atoms with Gasteiger partial charge in [-0.15, -0.1) is 0 Å². The highest BCUT2D eigenvalue weighted by Gasteiger charge is 2.37. The Hall–Kier alpha value is -1.97. The van der Waals surface area contributed by atoms with Crippen molar-refractivity contribution in [3.05, 3.63) is 68.4 Å². The third-order valence-corrected chi connectivity index (χ3v) is 5.57. The number of halogens is 2. The van der Waals surface area contributed by atoms with Crippen molar-refractivity contribution in [3.63, 3.8) is 0 Å². The number of hydrogen-bond donors (Lipinski definition) is 1. The molecule has 6 heteroatoms. The van der Waals surface area contributed by atoms with Gasteiger partial charge in [-0.3, -0.25) is 4.79 Å². The van der Waals surface area contributed by atoms with E-state index >= 15 is 0 Å². The van der Waals surface area contributed by atoms with Crippen LogP contribution in [0.5, 0.6) is 0 Å². The molecule has 3 rings (SSSR count). The van der Waals surface area contributed by atoms with Crippen LogP contribution in [0.2, 0.25) is 0 Å². The van der Waals surface area contributed by atoms with Gasteiger partial charge in [-0.25, -0.2) is 4.98 Å². The number of nitriles is 1. The molecule has 2 aromatic rings. The first-order valence-electron chi connectivity index (χ1n) is 8.35. The monoisotopic (exact) mass is 473 g/mol. The number of benzene rings is 1. The van der Waals surface area contributed by atoms with Gasteiger partial charge in [0, 0.05) is 4.47 Å². The van der Waals surface area contributed by atoms with Crippen LogP contribution in [-0.4, -0.2) is 10.9 Å². The summed E-state index contributed by atoms with van der Waals surface area (Å²) < 4.78 is 1.66. The summed E-state index contributed by atoms with van der Waals surface area (Å²) in [5, 5.41) is 12.6.